The predicted molar refractivity (Wildman–Crippen MR) is 148 cm³/mol. The van der Waals surface area contributed by atoms with Crippen LogP contribution >= 0.6 is 7.82 Å². The zero-order chi connectivity index (χ0) is 26.7. The fraction of sp³-hybridized carbons (Fsp3) is 0.600. The van der Waals surface area contributed by atoms with Crippen molar-refractivity contribution in [2.45, 2.75) is 113 Å². The van der Waals surface area contributed by atoms with E-state index in [0.717, 1.165) is 69.8 Å². The first-order valence-electron chi connectivity index (χ1n) is 13.0. The zero-order valence-electron chi connectivity index (χ0n) is 23.3. The van der Waals surface area contributed by atoms with Crippen LogP contribution in [0, 0.1) is 0 Å². The summed E-state index contributed by atoms with van der Waals surface area (Å²) in [5.41, 5.74) is 8.21. The lowest BCUT2D eigenvalue weighted by Gasteiger charge is -2.27. The van der Waals surface area contributed by atoms with Gasteiger partial charge in [-0.15, -0.1) is 0 Å². The van der Waals surface area contributed by atoms with Crippen LogP contribution in [0.2, 0.25) is 0 Å². The van der Waals surface area contributed by atoms with Crippen molar-refractivity contribution in [3.05, 3.63) is 69.9 Å². The van der Waals surface area contributed by atoms with Gasteiger partial charge in [0.1, 0.15) is 0 Å². The second kappa shape index (κ2) is 19.7. The topological polar surface area (TPSA) is 72.4 Å². The van der Waals surface area contributed by atoms with Gasteiger partial charge < -0.3 is 18.9 Å². The predicted octanol–water partition coefficient (Wildman–Crippen LogP) is 8.43. The van der Waals surface area contributed by atoms with Gasteiger partial charge in [0.25, 0.3) is 0 Å². The molecule has 5 heteroatoms. The van der Waals surface area contributed by atoms with Gasteiger partial charge in [-0.05, 0) is 113 Å². The monoisotopic (exact) mass is 504 g/mol. The van der Waals surface area contributed by atoms with E-state index in [2.05, 4.69) is 76.4 Å². The molecule has 0 aliphatic rings. The molecular weight excluding hydrogens is 455 g/mol. The van der Waals surface area contributed by atoms with Crippen molar-refractivity contribution in [2.75, 3.05) is 6.61 Å². The first-order chi connectivity index (χ1) is 16.4. The van der Waals surface area contributed by atoms with Crippen molar-refractivity contribution in [3.8, 4) is 0 Å². The molecule has 0 aromatic heterocycles. The molecule has 0 bridgehead atoms. The summed E-state index contributed by atoms with van der Waals surface area (Å²) in [5.74, 6) is 0. The smallest absolute Gasteiger partial charge is 0.0702 e. The van der Waals surface area contributed by atoms with Gasteiger partial charge in [-0.3, -0.25) is 0 Å². The van der Waals surface area contributed by atoms with Crippen molar-refractivity contribution in [3.63, 3.8) is 0 Å². The summed E-state index contributed by atoms with van der Waals surface area (Å²) in [4.78, 5) is 20.9. The fourth-order valence-corrected chi connectivity index (χ4v) is 3.81. The summed E-state index contributed by atoms with van der Waals surface area (Å²) in [5, 5.41) is 0. The van der Waals surface area contributed by atoms with Crippen molar-refractivity contribution >= 4 is 7.82 Å². The molecule has 0 amide bonds. The number of phosphoric ester groups is 1. The molecule has 0 aromatic carbocycles. The second-order valence-electron chi connectivity index (χ2n) is 9.97. The van der Waals surface area contributed by atoms with Crippen molar-refractivity contribution < 1.29 is 18.9 Å². The third kappa shape index (κ3) is 24.0. The molecule has 0 unspecified atom stereocenters. The average Bonchev–Trinajstić information content (AvgIpc) is 2.72. The summed E-state index contributed by atoms with van der Waals surface area (Å²) in [6.07, 6.45) is 24.0. The van der Waals surface area contributed by atoms with E-state index in [1.165, 1.54) is 27.9 Å². The minimum atomic E-state index is -4.88. The second-order valence-corrected chi connectivity index (χ2v) is 11.1. The highest BCUT2D eigenvalue weighted by atomic mass is 31.2. The largest absolute Gasteiger partial charge is 0.790 e. The Morgan fingerprint density at radius 3 is 1.11 bits per heavy atom. The quantitative estimate of drug-likeness (QED) is 0.139. The lowest BCUT2D eigenvalue weighted by Crippen LogP contribution is -2.16. The maximum atomic E-state index is 10.5. The number of rotatable bonds is 18. The maximum absolute atomic E-state index is 10.5. The highest BCUT2D eigenvalue weighted by molar-refractivity contribution is 7.43. The Labute approximate surface area is 215 Å². The van der Waals surface area contributed by atoms with Crippen LogP contribution in [0.3, 0.4) is 0 Å². The number of allylic oxidation sites excluding steroid dienone is 11. The third-order valence-electron chi connectivity index (χ3n) is 5.88. The van der Waals surface area contributed by atoms with Gasteiger partial charge in [0, 0.05) is 0 Å². The standard InChI is InChI=1S/C30H51O4P/c1-25(2)13-8-14-26(3)15-9-16-27(4)17-10-18-28(5)19-11-20-29(6)21-12-22-30(7)23-24-34-35(31,32)33/h13,15,17,19,21,23H,8-12,14,16,18,20,22,24H2,1-7H3,(H2,31,32,33)/p-2/b26-15+,27-17+,28-19+,29-21+,30-23+. The molecule has 0 saturated carbocycles. The minimum absolute atomic E-state index is 0.175. The van der Waals surface area contributed by atoms with Crippen LogP contribution in [-0.4, -0.2) is 6.61 Å². The van der Waals surface area contributed by atoms with Crippen LogP contribution in [0.25, 0.3) is 0 Å². The Morgan fingerprint density at radius 1 is 0.543 bits per heavy atom. The first-order valence-corrected chi connectivity index (χ1v) is 14.4. The fourth-order valence-electron chi connectivity index (χ4n) is 3.55. The van der Waals surface area contributed by atoms with Crippen LogP contribution in [-0.2, 0) is 9.09 Å². The van der Waals surface area contributed by atoms with E-state index in [1.54, 1.807) is 6.08 Å². The van der Waals surface area contributed by atoms with Gasteiger partial charge in [0.05, 0.1) is 14.4 Å². The van der Waals surface area contributed by atoms with Crippen LogP contribution in [0.15, 0.2) is 69.9 Å². The molecule has 4 nitrogen and oxygen atoms in total. The molecule has 0 spiro atoms. The normalized spacial score (nSPS) is 14.5. The first kappa shape index (κ1) is 33.5. The van der Waals surface area contributed by atoms with Gasteiger partial charge in [0.15, 0.2) is 0 Å². The molecule has 0 aliphatic carbocycles. The highest BCUT2D eigenvalue weighted by Gasteiger charge is 1.96. The Balaban J connectivity index is 4.14. The van der Waals surface area contributed by atoms with E-state index in [0.29, 0.717) is 0 Å². The SMILES string of the molecule is CC(C)=CCC/C(C)=C/CC/C(C)=C/CC/C(C)=C/CC/C(C)=C/CC/C(C)=C/COP(=O)([O-])[O-]. The third-order valence-corrected chi connectivity index (χ3v) is 6.35. The molecule has 0 atom stereocenters. The zero-order valence-corrected chi connectivity index (χ0v) is 24.2. The molecule has 0 heterocycles. The van der Waals surface area contributed by atoms with E-state index in [9.17, 15) is 14.4 Å². The summed E-state index contributed by atoms with van der Waals surface area (Å²) >= 11 is 0. The number of hydrogen-bond acceptors (Lipinski definition) is 4. The Hall–Kier alpha value is -1.45. The van der Waals surface area contributed by atoms with E-state index in [1.807, 2.05) is 6.92 Å². The summed E-state index contributed by atoms with van der Waals surface area (Å²) < 4.78 is 14.7. The number of phosphoric acid groups is 1. The van der Waals surface area contributed by atoms with E-state index >= 15 is 0 Å². The van der Waals surface area contributed by atoms with Gasteiger partial charge in [-0.25, -0.2) is 0 Å². The average molecular weight is 505 g/mol. The molecule has 0 aliphatic heterocycles. The molecule has 0 N–H and O–H groups in total. The molecule has 200 valence electrons. The molecule has 0 aromatic rings. The van der Waals surface area contributed by atoms with Gasteiger partial charge in [-0.2, -0.15) is 0 Å². The number of hydrogen-bond donors (Lipinski definition) is 0. The Bertz CT molecular complexity index is 830. The summed E-state index contributed by atoms with van der Waals surface area (Å²) in [6.45, 7) is 14.9. The van der Waals surface area contributed by atoms with E-state index in [4.69, 9.17) is 0 Å². The van der Waals surface area contributed by atoms with Crippen molar-refractivity contribution in [1.29, 1.82) is 0 Å². The molecular formula is C30H49O4P-2. The van der Waals surface area contributed by atoms with Crippen LogP contribution in [0.5, 0.6) is 0 Å². The minimum Gasteiger partial charge on any atom is -0.790 e. The Kier molecular flexibility index (Phi) is 18.9. The van der Waals surface area contributed by atoms with Crippen molar-refractivity contribution in [1.82, 2.24) is 0 Å². The highest BCUT2D eigenvalue weighted by Crippen LogP contribution is 2.24. The molecule has 0 saturated heterocycles. The van der Waals surface area contributed by atoms with Crippen molar-refractivity contribution in [2.24, 2.45) is 0 Å². The van der Waals surface area contributed by atoms with Crippen LogP contribution < -0.4 is 9.79 Å². The Morgan fingerprint density at radius 2 is 0.829 bits per heavy atom. The molecule has 0 fully saturated rings. The summed E-state index contributed by atoms with van der Waals surface area (Å²) in [7, 11) is -4.88. The van der Waals surface area contributed by atoms with Crippen LogP contribution in [0.4, 0.5) is 0 Å². The van der Waals surface area contributed by atoms with Crippen LogP contribution in [0.1, 0.15) is 113 Å². The van der Waals surface area contributed by atoms with Gasteiger partial charge in [-0.1, -0.05) is 69.9 Å². The van der Waals surface area contributed by atoms with Gasteiger partial charge in [0.2, 0.25) is 0 Å². The molecule has 0 radical (unpaired) electrons. The lowest BCUT2D eigenvalue weighted by atomic mass is 10.0. The van der Waals surface area contributed by atoms with E-state index < -0.39 is 7.82 Å². The van der Waals surface area contributed by atoms with E-state index in [-0.39, 0.29) is 6.61 Å². The van der Waals surface area contributed by atoms with Gasteiger partial charge >= 0.3 is 0 Å². The maximum Gasteiger partial charge on any atom is 0.0702 e. The molecule has 0 rings (SSSR count). The summed E-state index contributed by atoms with van der Waals surface area (Å²) in [6, 6.07) is 0. The lowest BCUT2D eigenvalue weighted by molar-refractivity contribution is -0.340. The molecule has 35 heavy (non-hydrogen) atoms.